The van der Waals surface area contributed by atoms with E-state index in [2.05, 4.69) is 68.0 Å². The maximum Gasteiger partial charge on any atom is 0.101 e. The van der Waals surface area contributed by atoms with Crippen LogP contribution in [0.5, 0.6) is 0 Å². The minimum Gasteiger partial charge on any atom is -0.321 e. The second-order valence-electron chi connectivity index (χ2n) is 6.33. The molecule has 2 heterocycles. The number of aromatic nitrogens is 2. The van der Waals surface area contributed by atoms with Crippen molar-refractivity contribution in [3.05, 3.63) is 84.5 Å². The van der Waals surface area contributed by atoms with Crippen LogP contribution in [0.3, 0.4) is 0 Å². The number of nitriles is 1. The fourth-order valence-corrected chi connectivity index (χ4v) is 2.88. The second-order valence-corrected chi connectivity index (χ2v) is 6.33. The van der Waals surface area contributed by atoms with Crippen LogP contribution in [0.25, 0.3) is 5.69 Å². The van der Waals surface area contributed by atoms with Gasteiger partial charge in [-0.2, -0.15) is 5.26 Å². The largest absolute Gasteiger partial charge is 0.321 e. The van der Waals surface area contributed by atoms with Gasteiger partial charge in [0.05, 0.1) is 17.4 Å². The zero-order valence-electron chi connectivity index (χ0n) is 15.2. The van der Waals surface area contributed by atoms with Crippen LogP contribution in [-0.4, -0.2) is 9.55 Å². The molecule has 0 bridgehead atoms. The van der Waals surface area contributed by atoms with E-state index in [1.807, 2.05) is 30.1 Å². The van der Waals surface area contributed by atoms with E-state index in [9.17, 15) is 5.26 Å². The summed E-state index contributed by atoms with van der Waals surface area (Å²) in [7, 11) is 0. The first-order chi connectivity index (χ1) is 12.1. The lowest BCUT2D eigenvalue weighted by molar-refractivity contribution is 0.598. The van der Waals surface area contributed by atoms with Crippen molar-refractivity contribution in [2.45, 2.75) is 39.0 Å². The van der Waals surface area contributed by atoms with Crippen LogP contribution in [0.2, 0.25) is 0 Å². The molecule has 128 valence electrons. The second kappa shape index (κ2) is 8.30. The molecule has 1 aliphatic carbocycles. The number of hydrogen-bond donors (Lipinski definition) is 0. The quantitative estimate of drug-likeness (QED) is 0.719. The fourth-order valence-electron chi connectivity index (χ4n) is 2.88. The van der Waals surface area contributed by atoms with E-state index in [-0.39, 0.29) is 5.41 Å². The number of aryl methyl sites for hydroxylation is 1. The Kier molecular flexibility index (Phi) is 6.14. The van der Waals surface area contributed by atoms with Gasteiger partial charge in [0.2, 0.25) is 0 Å². The summed E-state index contributed by atoms with van der Waals surface area (Å²) in [5, 5.41) is 9.50. The molecule has 0 fully saturated rings. The van der Waals surface area contributed by atoms with Crippen LogP contribution in [0.4, 0.5) is 0 Å². The normalized spacial score (nSPS) is 18.2. The Morgan fingerprint density at radius 1 is 1.36 bits per heavy atom. The zero-order chi connectivity index (χ0) is 18.3. The topological polar surface area (TPSA) is 41.6 Å². The third-order valence-electron chi connectivity index (χ3n) is 4.30. The van der Waals surface area contributed by atoms with Gasteiger partial charge in [0.15, 0.2) is 0 Å². The number of pyridine rings is 1. The summed E-state index contributed by atoms with van der Waals surface area (Å²) in [6.07, 6.45) is 19.7. The fraction of sp³-hybridized carbons (Fsp3) is 0.273. The van der Waals surface area contributed by atoms with Gasteiger partial charge in [0, 0.05) is 24.0 Å². The molecule has 0 amide bonds. The van der Waals surface area contributed by atoms with E-state index in [1.165, 1.54) is 5.56 Å². The lowest BCUT2D eigenvalue weighted by Crippen LogP contribution is -2.19. The van der Waals surface area contributed by atoms with E-state index in [4.69, 9.17) is 0 Å². The molecule has 0 saturated carbocycles. The molecule has 0 radical (unpaired) electrons. The molecule has 0 aliphatic heterocycles. The van der Waals surface area contributed by atoms with E-state index >= 15 is 0 Å². The van der Waals surface area contributed by atoms with E-state index in [0.717, 1.165) is 29.7 Å². The Bertz CT molecular complexity index is 833. The van der Waals surface area contributed by atoms with Gasteiger partial charge in [0.1, 0.15) is 6.07 Å². The predicted molar refractivity (Wildman–Crippen MR) is 104 cm³/mol. The third kappa shape index (κ3) is 4.16. The molecule has 3 rings (SSSR count). The summed E-state index contributed by atoms with van der Waals surface area (Å²) in [4.78, 5) is 4.30. The molecule has 1 unspecified atom stereocenters. The Hall–Kier alpha value is -2.86. The number of nitrogens with zero attached hydrogens (tertiary/aromatic N) is 3. The van der Waals surface area contributed by atoms with Gasteiger partial charge in [-0.25, -0.2) is 0 Å². The van der Waals surface area contributed by atoms with E-state index in [1.54, 1.807) is 6.08 Å². The first-order valence-electron chi connectivity index (χ1n) is 8.56. The Labute approximate surface area is 150 Å². The Morgan fingerprint density at radius 2 is 2.12 bits per heavy atom. The molecule has 0 spiro atoms. The number of hydrogen-bond acceptors (Lipinski definition) is 2. The standard InChI is InChI=1S/C19H19N3.C3H6/c1-3-15-9-17(12-21-11-15)22-13-16(10-20)18(14-22)19(2)7-5-4-6-8-19;1-3-2/h4-7,9,11-14H,3,8H2,1-2H3;3H,1H2,2H3. The first-order valence-corrected chi connectivity index (χ1v) is 8.56. The lowest BCUT2D eigenvalue weighted by Gasteiger charge is -2.26. The van der Waals surface area contributed by atoms with Crippen LogP contribution in [0, 0.1) is 11.3 Å². The van der Waals surface area contributed by atoms with E-state index in [0.29, 0.717) is 0 Å². The summed E-state index contributed by atoms with van der Waals surface area (Å²) in [6, 6.07) is 4.46. The average Bonchev–Trinajstić information content (AvgIpc) is 3.08. The van der Waals surface area contributed by atoms with Crippen molar-refractivity contribution >= 4 is 0 Å². The molecular formula is C22H25N3. The van der Waals surface area contributed by atoms with Crippen molar-refractivity contribution in [2.24, 2.45) is 0 Å². The maximum absolute atomic E-state index is 9.50. The molecule has 3 nitrogen and oxygen atoms in total. The Balaban J connectivity index is 0.000000701. The lowest BCUT2D eigenvalue weighted by atomic mass is 9.77. The van der Waals surface area contributed by atoms with Crippen LogP contribution in [0.1, 0.15) is 43.9 Å². The van der Waals surface area contributed by atoms with Gasteiger partial charge < -0.3 is 4.57 Å². The number of allylic oxidation sites excluding steroid dienone is 5. The highest BCUT2D eigenvalue weighted by atomic mass is 15.0. The monoisotopic (exact) mass is 331 g/mol. The molecule has 25 heavy (non-hydrogen) atoms. The predicted octanol–water partition coefficient (Wildman–Crippen LogP) is 5.27. The first kappa shape index (κ1) is 18.5. The van der Waals surface area contributed by atoms with Gasteiger partial charge in [-0.05, 0) is 37.0 Å². The molecule has 0 N–H and O–H groups in total. The van der Waals surface area contributed by atoms with Crippen molar-refractivity contribution in [3.63, 3.8) is 0 Å². The highest BCUT2D eigenvalue weighted by Gasteiger charge is 2.28. The highest BCUT2D eigenvalue weighted by Crippen LogP contribution is 2.35. The maximum atomic E-state index is 9.50. The summed E-state index contributed by atoms with van der Waals surface area (Å²) in [5.41, 5.74) is 3.86. The summed E-state index contributed by atoms with van der Waals surface area (Å²) >= 11 is 0. The van der Waals surface area contributed by atoms with Gasteiger partial charge >= 0.3 is 0 Å². The minimum absolute atomic E-state index is 0.124. The molecule has 2 aromatic rings. The van der Waals surface area contributed by atoms with Gasteiger partial charge in [0.25, 0.3) is 0 Å². The van der Waals surface area contributed by atoms with Crippen LogP contribution >= 0.6 is 0 Å². The van der Waals surface area contributed by atoms with Gasteiger partial charge in [-0.1, -0.05) is 44.2 Å². The highest BCUT2D eigenvalue weighted by molar-refractivity contribution is 5.48. The third-order valence-corrected chi connectivity index (χ3v) is 4.30. The average molecular weight is 331 g/mol. The van der Waals surface area contributed by atoms with Crippen LogP contribution in [-0.2, 0) is 11.8 Å². The molecule has 1 aliphatic rings. The van der Waals surface area contributed by atoms with Gasteiger partial charge in [-0.15, -0.1) is 6.58 Å². The van der Waals surface area contributed by atoms with Crippen molar-refractivity contribution in [2.75, 3.05) is 0 Å². The van der Waals surface area contributed by atoms with Crippen molar-refractivity contribution in [3.8, 4) is 11.8 Å². The zero-order valence-corrected chi connectivity index (χ0v) is 15.2. The summed E-state index contributed by atoms with van der Waals surface area (Å²) in [6.45, 7) is 9.54. The summed E-state index contributed by atoms with van der Waals surface area (Å²) in [5.74, 6) is 0. The minimum atomic E-state index is -0.124. The molecule has 3 heteroatoms. The van der Waals surface area contributed by atoms with Gasteiger partial charge in [-0.3, -0.25) is 4.98 Å². The van der Waals surface area contributed by atoms with Crippen molar-refractivity contribution < 1.29 is 0 Å². The molecular weight excluding hydrogens is 306 g/mol. The smallest absolute Gasteiger partial charge is 0.101 e. The molecule has 2 aromatic heterocycles. The summed E-state index contributed by atoms with van der Waals surface area (Å²) < 4.78 is 2.01. The van der Waals surface area contributed by atoms with Crippen molar-refractivity contribution in [1.82, 2.24) is 9.55 Å². The SMILES string of the molecule is C=CC.CCc1cncc(-n2cc(C#N)c(C3(C)C=CC=CC3)c2)c1. The Morgan fingerprint density at radius 3 is 2.72 bits per heavy atom. The molecule has 0 aromatic carbocycles. The number of rotatable bonds is 3. The van der Waals surface area contributed by atoms with Crippen molar-refractivity contribution in [1.29, 1.82) is 5.26 Å². The molecule has 0 saturated heterocycles. The van der Waals surface area contributed by atoms with Crippen LogP contribution in [0.15, 0.2) is 67.8 Å². The van der Waals surface area contributed by atoms with Crippen LogP contribution < -0.4 is 0 Å². The molecule has 1 atom stereocenters. The van der Waals surface area contributed by atoms with E-state index < -0.39 is 0 Å².